The Hall–Kier alpha value is -2.65. The number of hydrogen-bond acceptors (Lipinski definition) is 5. The maximum Gasteiger partial charge on any atom is 0.254 e. The van der Waals surface area contributed by atoms with Gasteiger partial charge in [-0.1, -0.05) is 19.4 Å². The fourth-order valence-electron chi connectivity index (χ4n) is 2.22. The monoisotopic (exact) mass is 393 g/mol. The number of benzene rings is 1. The number of furan rings is 1. The van der Waals surface area contributed by atoms with Crippen LogP contribution < -0.4 is 15.4 Å². The first-order chi connectivity index (χ1) is 12.9. The summed E-state index contributed by atoms with van der Waals surface area (Å²) in [5.74, 6) is -0.668. The average Bonchev–Trinajstić information content (AvgIpc) is 3.17. The molecule has 0 spiro atoms. The number of rotatable bonds is 10. The largest absolute Gasteiger partial charge is 0.472 e. The molecule has 1 aromatic heterocycles. The van der Waals surface area contributed by atoms with Gasteiger partial charge < -0.3 is 15.1 Å². The number of nitrogens with one attached hydrogen (secondary N) is 3. The van der Waals surface area contributed by atoms with Gasteiger partial charge in [0.1, 0.15) is 6.26 Å². The van der Waals surface area contributed by atoms with E-state index in [0.717, 1.165) is 12.8 Å². The normalized spacial score (nSPS) is 11.1. The summed E-state index contributed by atoms with van der Waals surface area (Å²) in [5.41, 5.74) is 0.753. The van der Waals surface area contributed by atoms with Crippen molar-refractivity contribution in [3.05, 3.63) is 48.4 Å². The molecule has 2 rings (SSSR count). The second-order valence-corrected chi connectivity index (χ2v) is 7.61. The van der Waals surface area contributed by atoms with E-state index in [0.29, 0.717) is 17.8 Å². The predicted molar refractivity (Wildman–Crippen MR) is 101 cm³/mol. The molecule has 8 nitrogen and oxygen atoms in total. The first kappa shape index (κ1) is 20.7. The maximum absolute atomic E-state index is 12.2. The van der Waals surface area contributed by atoms with Crippen LogP contribution in [0.3, 0.4) is 0 Å². The minimum atomic E-state index is -3.61. The molecular weight excluding hydrogens is 370 g/mol. The molecule has 0 atom stereocenters. The van der Waals surface area contributed by atoms with Crippen LogP contribution in [0.25, 0.3) is 0 Å². The van der Waals surface area contributed by atoms with Crippen molar-refractivity contribution in [2.45, 2.75) is 31.1 Å². The van der Waals surface area contributed by atoms with E-state index < -0.39 is 10.0 Å². The fourth-order valence-corrected chi connectivity index (χ4v) is 3.34. The van der Waals surface area contributed by atoms with Crippen molar-refractivity contribution in [2.24, 2.45) is 0 Å². The maximum atomic E-state index is 12.2. The van der Waals surface area contributed by atoms with Gasteiger partial charge in [0.25, 0.3) is 5.91 Å². The van der Waals surface area contributed by atoms with Crippen LogP contribution in [-0.2, 0) is 14.8 Å². The quantitative estimate of drug-likeness (QED) is 0.535. The molecule has 0 fully saturated rings. The summed E-state index contributed by atoms with van der Waals surface area (Å²) in [6.07, 6.45) is 4.39. The van der Waals surface area contributed by atoms with Gasteiger partial charge in [-0.2, -0.15) is 0 Å². The summed E-state index contributed by atoms with van der Waals surface area (Å²) >= 11 is 0. The number of anilines is 1. The van der Waals surface area contributed by atoms with Gasteiger partial charge in [-0.15, -0.1) is 0 Å². The van der Waals surface area contributed by atoms with Crippen molar-refractivity contribution in [1.82, 2.24) is 10.0 Å². The molecule has 0 saturated carbocycles. The summed E-state index contributed by atoms with van der Waals surface area (Å²) in [6, 6.07) is 7.55. The second kappa shape index (κ2) is 9.89. The molecule has 0 aliphatic heterocycles. The van der Waals surface area contributed by atoms with E-state index in [9.17, 15) is 18.0 Å². The molecule has 0 unspecified atom stereocenters. The number of sulfonamides is 1. The van der Waals surface area contributed by atoms with Crippen molar-refractivity contribution in [1.29, 1.82) is 0 Å². The van der Waals surface area contributed by atoms with Crippen molar-refractivity contribution in [2.75, 3.05) is 18.4 Å². The van der Waals surface area contributed by atoms with Crippen LogP contribution in [-0.4, -0.2) is 33.3 Å². The number of unbranched alkanes of at least 4 members (excludes halogenated alkanes) is 1. The van der Waals surface area contributed by atoms with E-state index in [-0.39, 0.29) is 29.7 Å². The molecule has 0 aliphatic rings. The molecule has 2 aromatic rings. The van der Waals surface area contributed by atoms with Crippen molar-refractivity contribution in [3.8, 4) is 0 Å². The molecule has 2 amide bonds. The summed E-state index contributed by atoms with van der Waals surface area (Å²) in [5, 5.41) is 5.23. The Balaban J connectivity index is 1.86. The lowest BCUT2D eigenvalue weighted by Crippen LogP contribution is -2.27. The minimum absolute atomic E-state index is 0.0509. The Morgan fingerprint density at radius 1 is 1.15 bits per heavy atom. The Labute approximate surface area is 158 Å². The second-order valence-electron chi connectivity index (χ2n) is 5.85. The van der Waals surface area contributed by atoms with Crippen molar-refractivity contribution < 1.29 is 22.4 Å². The van der Waals surface area contributed by atoms with Gasteiger partial charge in [0.05, 0.1) is 16.7 Å². The lowest BCUT2D eigenvalue weighted by Gasteiger charge is -2.09. The van der Waals surface area contributed by atoms with Crippen LogP contribution in [0, 0.1) is 0 Å². The molecule has 0 aliphatic carbocycles. The summed E-state index contributed by atoms with van der Waals surface area (Å²) in [6.45, 7) is 2.49. The zero-order valence-corrected chi connectivity index (χ0v) is 15.8. The average molecular weight is 393 g/mol. The Kier molecular flexibility index (Phi) is 7.56. The highest BCUT2D eigenvalue weighted by molar-refractivity contribution is 7.89. The number of amides is 2. The Morgan fingerprint density at radius 2 is 1.96 bits per heavy atom. The predicted octanol–water partition coefficient (Wildman–Crippen LogP) is 2.12. The first-order valence-corrected chi connectivity index (χ1v) is 10.1. The highest BCUT2D eigenvalue weighted by Crippen LogP contribution is 2.15. The van der Waals surface area contributed by atoms with Crippen LogP contribution >= 0.6 is 0 Å². The van der Waals surface area contributed by atoms with Gasteiger partial charge >= 0.3 is 0 Å². The SMILES string of the molecule is CCCCNS(=O)(=O)c1cccc(NC(=O)CCNC(=O)c2ccoc2)c1. The van der Waals surface area contributed by atoms with Gasteiger partial charge in [0.2, 0.25) is 15.9 Å². The first-order valence-electron chi connectivity index (χ1n) is 8.62. The topological polar surface area (TPSA) is 118 Å². The molecule has 9 heteroatoms. The summed E-state index contributed by atoms with van der Waals surface area (Å²) in [4.78, 5) is 23.8. The zero-order valence-electron chi connectivity index (χ0n) is 15.0. The summed E-state index contributed by atoms with van der Waals surface area (Å²) < 4.78 is 31.8. The van der Waals surface area contributed by atoms with E-state index in [1.54, 1.807) is 12.1 Å². The molecular formula is C18H23N3O5S. The van der Waals surface area contributed by atoms with E-state index in [2.05, 4.69) is 15.4 Å². The lowest BCUT2D eigenvalue weighted by atomic mass is 10.3. The van der Waals surface area contributed by atoms with Crippen LogP contribution in [0.5, 0.6) is 0 Å². The molecule has 27 heavy (non-hydrogen) atoms. The lowest BCUT2D eigenvalue weighted by molar-refractivity contribution is -0.116. The van der Waals surface area contributed by atoms with Crippen LogP contribution in [0.2, 0.25) is 0 Å². The van der Waals surface area contributed by atoms with Gasteiger partial charge in [-0.25, -0.2) is 13.1 Å². The van der Waals surface area contributed by atoms with Crippen LogP contribution in [0.15, 0.2) is 52.2 Å². The van der Waals surface area contributed by atoms with Crippen molar-refractivity contribution in [3.63, 3.8) is 0 Å². The molecule has 1 heterocycles. The molecule has 0 saturated heterocycles. The molecule has 3 N–H and O–H groups in total. The number of carbonyl (C=O) groups is 2. The third-order valence-corrected chi connectivity index (χ3v) is 5.13. The molecule has 0 bridgehead atoms. The zero-order chi connectivity index (χ0) is 19.7. The highest BCUT2D eigenvalue weighted by atomic mass is 32.2. The number of carbonyl (C=O) groups excluding carboxylic acids is 2. The molecule has 146 valence electrons. The van der Waals surface area contributed by atoms with Gasteiger partial charge in [-0.05, 0) is 30.7 Å². The third-order valence-electron chi connectivity index (χ3n) is 3.67. The van der Waals surface area contributed by atoms with Gasteiger partial charge in [0, 0.05) is 25.2 Å². The van der Waals surface area contributed by atoms with Gasteiger partial charge in [0.15, 0.2) is 0 Å². The highest BCUT2D eigenvalue weighted by Gasteiger charge is 2.14. The smallest absolute Gasteiger partial charge is 0.254 e. The molecule has 0 radical (unpaired) electrons. The van der Waals surface area contributed by atoms with Crippen molar-refractivity contribution >= 4 is 27.5 Å². The van der Waals surface area contributed by atoms with E-state index in [4.69, 9.17) is 4.42 Å². The minimum Gasteiger partial charge on any atom is -0.472 e. The molecule has 1 aromatic carbocycles. The van der Waals surface area contributed by atoms with E-state index in [1.807, 2.05) is 6.92 Å². The third kappa shape index (κ3) is 6.54. The van der Waals surface area contributed by atoms with E-state index in [1.165, 1.54) is 30.7 Å². The Morgan fingerprint density at radius 3 is 2.67 bits per heavy atom. The fraction of sp³-hybridized carbons (Fsp3) is 0.333. The Bertz CT molecular complexity index is 863. The van der Waals surface area contributed by atoms with Crippen LogP contribution in [0.4, 0.5) is 5.69 Å². The van der Waals surface area contributed by atoms with E-state index >= 15 is 0 Å². The number of hydrogen-bond donors (Lipinski definition) is 3. The van der Waals surface area contributed by atoms with Gasteiger partial charge in [-0.3, -0.25) is 9.59 Å². The standard InChI is InChI=1S/C18H23N3O5S/c1-2-3-9-20-27(24,25)16-6-4-5-15(12-16)21-17(22)7-10-19-18(23)14-8-11-26-13-14/h4-6,8,11-13,20H,2-3,7,9-10H2,1H3,(H,19,23)(H,21,22). The summed E-state index contributed by atoms with van der Waals surface area (Å²) in [7, 11) is -3.61. The van der Waals surface area contributed by atoms with Crippen LogP contribution in [0.1, 0.15) is 36.5 Å².